The van der Waals surface area contributed by atoms with Crippen molar-refractivity contribution in [3.8, 4) is 0 Å². The van der Waals surface area contributed by atoms with E-state index in [0.29, 0.717) is 35.7 Å². The Kier molecular flexibility index (Phi) is 4.61. The summed E-state index contributed by atoms with van der Waals surface area (Å²) in [7, 11) is 0. The molecule has 146 valence electrons. The lowest BCUT2D eigenvalue weighted by atomic mass is 9.43. The summed E-state index contributed by atoms with van der Waals surface area (Å²) < 4.78 is 0. The van der Waals surface area contributed by atoms with Gasteiger partial charge in [0, 0.05) is 17.9 Å². The van der Waals surface area contributed by atoms with Crippen LogP contribution in [-0.4, -0.2) is 23.3 Å². The Bertz CT molecular complexity index is 598. The van der Waals surface area contributed by atoms with E-state index in [1.54, 1.807) is 13.8 Å². The van der Waals surface area contributed by atoms with Crippen molar-refractivity contribution < 1.29 is 14.7 Å². The van der Waals surface area contributed by atoms with Gasteiger partial charge < -0.3 is 5.11 Å². The quantitative estimate of drug-likeness (QED) is 0.811. The van der Waals surface area contributed by atoms with Crippen LogP contribution in [0.1, 0.15) is 78.6 Å². The van der Waals surface area contributed by atoms with Crippen LogP contribution in [0.3, 0.4) is 0 Å². The smallest absolute Gasteiger partial charge is 0.136 e. The predicted molar refractivity (Wildman–Crippen MR) is 101 cm³/mol. The Hall–Kier alpha value is -0.700. The van der Waals surface area contributed by atoms with Crippen LogP contribution in [0, 0.1) is 46.3 Å². The van der Waals surface area contributed by atoms with E-state index in [1.165, 1.54) is 25.7 Å². The van der Waals surface area contributed by atoms with E-state index in [9.17, 15) is 14.7 Å². The number of Topliss-reactive ketones (excluding diaryl/α,β-unsaturated/α-hetero) is 2. The number of carbonyl (C=O) groups excluding carboxylic acids is 2. The average Bonchev–Trinajstić information content (AvgIpc) is 3.02. The maximum atomic E-state index is 12.9. The number of carbonyl (C=O) groups is 2. The van der Waals surface area contributed by atoms with Gasteiger partial charge >= 0.3 is 0 Å². The summed E-state index contributed by atoms with van der Waals surface area (Å²) in [5.74, 6) is 3.51. The minimum atomic E-state index is -0.349. The minimum Gasteiger partial charge on any atom is -0.396 e. The molecule has 0 aromatic carbocycles. The molecule has 4 saturated carbocycles. The molecule has 8 atom stereocenters. The van der Waals surface area contributed by atoms with Crippen molar-refractivity contribution in [2.45, 2.75) is 78.6 Å². The zero-order chi connectivity index (χ0) is 18.7. The Balaban J connectivity index is 1.64. The van der Waals surface area contributed by atoms with Crippen molar-refractivity contribution >= 4 is 11.6 Å². The van der Waals surface area contributed by atoms with Gasteiger partial charge in [-0.3, -0.25) is 9.59 Å². The molecule has 4 fully saturated rings. The predicted octanol–water partition coefficient (Wildman–Crippen LogP) is 4.41. The van der Waals surface area contributed by atoms with Crippen LogP contribution in [-0.2, 0) is 9.59 Å². The fourth-order valence-corrected chi connectivity index (χ4v) is 8.44. The highest BCUT2D eigenvalue weighted by molar-refractivity contribution is 5.91. The van der Waals surface area contributed by atoms with E-state index in [-0.39, 0.29) is 22.9 Å². The maximum absolute atomic E-state index is 12.9. The standard InChI is InChI=1S/C23H36O3/c1-14(25)19-6-7-21-18-5-4-17-12-16(13-24)8-10-22(17,3)20(18)9-11-23(19,21)15(2)26/h16-21,24H,4-13H2,1-3H3/t16-,17+,18-,19-,20+,21+,22+,23+/m1/s1. The number of aliphatic hydroxyl groups excluding tert-OH is 1. The topological polar surface area (TPSA) is 54.4 Å². The van der Waals surface area contributed by atoms with Crippen molar-refractivity contribution in [3.05, 3.63) is 0 Å². The van der Waals surface area contributed by atoms with E-state index < -0.39 is 0 Å². The number of rotatable bonds is 3. The first kappa shape index (κ1) is 18.7. The van der Waals surface area contributed by atoms with Gasteiger partial charge in [-0.1, -0.05) is 6.92 Å². The minimum absolute atomic E-state index is 0.0263. The van der Waals surface area contributed by atoms with E-state index >= 15 is 0 Å². The van der Waals surface area contributed by atoms with E-state index in [4.69, 9.17) is 0 Å². The van der Waals surface area contributed by atoms with E-state index in [0.717, 1.165) is 38.0 Å². The second kappa shape index (κ2) is 6.43. The summed E-state index contributed by atoms with van der Waals surface area (Å²) in [4.78, 5) is 25.2. The van der Waals surface area contributed by atoms with Crippen LogP contribution in [0.4, 0.5) is 0 Å². The first-order valence-electron chi connectivity index (χ1n) is 11.0. The Labute approximate surface area is 158 Å². The third-order valence-electron chi connectivity index (χ3n) is 9.69. The summed E-state index contributed by atoms with van der Waals surface area (Å²) in [6.45, 7) is 6.32. The van der Waals surface area contributed by atoms with Crippen molar-refractivity contribution in [1.82, 2.24) is 0 Å². The van der Waals surface area contributed by atoms with Crippen LogP contribution < -0.4 is 0 Å². The third-order valence-corrected chi connectivity index (χ3v) is 9.69. The molecular formula is C23H36O3. The summed E-state index contributed by atoms with van der Waals surface area (Å²) >= 11 is 0. The molecule has 26 heavy (non-hydrogen) atoms. The van der Waals surface area contributed by atoms with Gasteiger partial charge in [0.15, 0.2) is 0 Å². The zero-order valence-corrected chi connectivity index (χ0v) is 16.8. The van der Waals surface area contributed by atoms with Crippen LogP contribution >= 0.6 is 0 Å². The average molecular weight is 361 g/mol. The number of ketones is 2. The summed E-state index contributed by atoms with van der Waals surface area (Å²) in [6.07, 6.45) is 10.1. The molecule has 0 aromatic rings. The number of hydrogen-bond acceptors (Lipinski definition) is 3. The molecule has 0 bridgehead atoms. The Morgan fingerprint density at radius 1 is 0.962 bits per heavy atom. The molecule has 0 radical (unpaired) electrons. The molecule has 0 aliphatic heterocycles. The molecule has 3 nitrogen and oxygen atoms in total. The van der Waals surface area contributed by atoms with Gasteiger partial charge in [-0.15, -0.1) is 0 Å². The lowest BCUT2D eigenvalue weighted by Crippen LogP contribution is -2.56. The second-order valence-corrected chi connectivity index (χ2v) is 10.4. The second-order valence-electron chi connectivity index (χ2n) is 10.4. The molecule has 4 rings (SSSR count). The molecule has 0 unspecified atom stereocenters. The van der Waals surface area contributed by atoms with Crippen molar-refractivity contribution in [2.24, 2.45) is 46.3 Å². The van der Waals surface area contributed by atoms with Crippen LogP contribution in [0.25, 0.3) is 0 Å². The lowest BCUT2D eigenvalue weighted by Gasteiger charge is -2.61. The molecule has 0 amide bonds. The van der Waals surface area contributed by atoms with Gasteiger partial charge in [-0.05, 0) is 107 Å². The largest absolute Gasteiger partial charge is 0.396 e. The number of aliphatic hydroxyl groups is 1. The first-order valence-corrected chi connectivity index (χ1v) is 11.0. The van der Waals surface area contributed by atoms with Gasteiger partial charge in [-0.25, -0.2) is 0 Å². The Morgan fingerprint density at radius 2 is 1.73 bits per heavy atom. The summed E-state index contributed by atoms with van der Waals surface area (Å²) in [5, 5.41) is 9.63. The fourth-order valence-electron chi connectivity index (χ4n) is 8.44. The summed E-state index contributed by atoms with van der Waals surface area (Å²) in [5.41, 5.74) is 0.0321. The molecule has 1 N–H and O–H groups in total. The van der Waals surface area contributed by atoms with E-state index in [1.807, 2.05) is 0 Å². The van der Waals surface area contributed by atoms with Gasteiger partial charge in [0.05, 0.1) is 0 Å². The molecule has 4 aliphatic carbocycles. The molecule has 4 aliphatic rings. The monoisotopic (exact) mass is 360 g/mol. The number of hydrogen-bond donors (Lipinski definition) is 1. The first-order chi connectivity index (χ1) is 12.3. The Morgan fingerprint density at radius 3 is 2.38 bits per heavy atom. The highest BCUT2D eigenvalue weighted by Crippen LogP contribution is 2.68. The van der Waals surface area contributed by atoms with Crippen molar-refractivity contribution in [1.29, 1.82) is 0 Å². The third kappa shape index (κ3) is 2.41. The van der Waals surface area contributed by atoms with Crippen molar-refractivity contribution in [3.63, 3.8) is 0 Å². The van der Waals surface area contributed by atoms with E-state index in [2.05, 4.69) is 6.92 Å². The molecule has 0 heterocycles. The number of fused-ring (bicyclic) bond motifs is 5. The molecule has 0 spiro atoms. The van der Waals surface area contributed by atoms with Crippen LogP contribution in [0.2, 0.25) is 0 Å². The highest BCUT2D eigenvalue weighted by atomic mass is 16.3. The molecule has 0 saturated heterocycles. The maximum Gasteiger partial charge on any atom is 0.136 e. The lowest BCUT2D eigenvalue weighted by molar-refractivity contribution is -0.156. The highest BCUT2D eigenvalue weighted by Gasteiger charge is 2.64. The summed E-state index contributed by atoms with van der Waals surface area (Å²) in [6, 6.07) is 0. The normalized spacial score (nSPS) is 50.5. The van der Waals surface area contributed by atoms with Crippen LogP contribution in [0.5, 0.6) is 0 Å². The van der Waals surface area contributed by atoms with Gasteiger partial charge in [0.2, 0.25) is 0 Å². The van der Waals surface area contributed by atoms with Gasteiger partial charge in [-0.2, -0.15) is 0 Å². The van der Waals surface area contributed by atoms with Gasteiger partial charge in [0.25, 0.3) is 0 Å². The molecule has 0 aromatic heterocycles. The zero-order valence-electron chi connectivity index (χ0n) is 16.8. The molecular weight excluding hydrogens is 324 g/mol. The van der Waals surface area contributed by atoms with Crippen molar-refractivity contribution in [2.75, 3.05) is 6.61 Å². The molecule has 3 heteroatoms. The SMILES string of the molecule is CC(=O)[C@H]1CC[C@H]2[C@@H]3CC[C@H]4C[C@H](CO)CC[C@]4(C)[C@H]3CC[C@]12C(C)=O. The fraction of sp³-hybridized carbons (Fsp3) is 0.913. The van der Waals surface area contributed by atoms with Gasteiger partial charge in [0.1, 0.15) is 11.6 Å². The van der Waals surface area contributed by atoms with Crippen LogP contribution in [0.15, 0.2) is 0 Å².